The molecular formula is C14H17N3OS. The predicted octanol–water partition coefficient (Wildman–Crippen LogP) is 2.61. The van der Waals surface area contributed by atoms with E-state index in [0.717, 1.165) is 23.3 Å². The molecule has 0 radical (unpaired) electrons. The van der Waals surface area contributed by atoms with Crippen molar-refractivity contribution in [2.45, 2.75) is 13.8 Å². The quantitative estimate of drug-likeness (QED) is 0.870. The summed E-state index contributed by atoms with van der Waals surface area (Å²) in [6, 6.07) is 3.76. The molecule has 2 unspecified atom stereocenters. The van der Waals surface area contributed by atoms with Gasteiger partial charge >= 0.3 is 0 Å². The summed E-state index contributed by atoms with van der Waals surface area (Å²) in [5.74, 6) is 1.16. The van der Waals surface area contributed by atoms with Gasteiger partial charge in [-0.1, -0.05) is 13.8 Å². The van der Waals surface area contributed by atoms with E-state index >= 15 is 0 Å². The van der Waals surface area contributed by atoms with Crippen LogP contribution in [-0.4, -0.2) is 28.9 Å². The fourth-order valence-electron chi connectivity index (χ4n) is 2.55. The Morgan fingerprint density at radius 2 is 2.11 bits per heavy atom. The molecule has 3 rings (SSSR count). The molecule has 2 aromatic heterocycles. The van der Waals surface area contributed by atoms with Gasteiger partial charge in [-0.3, -0.25) is 4.79 Å². The summed E-state index contributed by atoms with van der Waals surface area (Å²) in [4.78, 5) is 20.2. The van der Waals surface area contributed by atoms with E-state index in [1.165, 1.54) is 11.3 Å². The third-order valence-electron chi connectivity index (χ3n) is 3.97. The molecule has 1 saturated heterocycles. The average Bonchev–Trinajstić information content (AvgIpc) is 2.91. The molecule has 1 amide bonds. The van der Waals surface area contributed by atoms with E-state index in [9.17, 15) is 4.79 Å². The molecule has 2 N–H and O–H groups in total. The van der Waals surface area contributed by atoms with Crippen LogP contribution in [-0.2, 0) is 0 Å². The molecule has 1 aliphatic heterocycles. The van der Waals surface area contributed by atoms with Gasteiger partial charge in [-0.25, -0.2) is 4.98 Å². The number of pyridine rings is 1. The van der Waals surface area contributed by atoms with E-state index < -0.39 is 0 Å². The summed E-state index contributed by atoms with van der Waals surface area (Å²) in [7, 11) is 0. The Hall–Kier alpha value is -1.62. The second-order valence-corrected chi connectivity index (χ2v) is 6.36. The van der Waals surface area contributed by atoms with Gasteiger partial charge in [0.2, 0.25) is 0 Å². The second-order valence-electron chi connectivity index (χ2n) is 5.37. The van der Waals surface area contributed by atoms with E-state index in [1.54, 1.807) is 6.20 Å². The maximum atomic E-state index is 12.6. The summed E-state index contributed by atoms with van der Waals surface area (Å²) in [6.07, 6.45) is 1.73. The highest BCUT2D eigenvalue weighted by molar-refractivity contribution is 7.21. The Balaban J connectivity index is 1.96. The molecule has 0 aliphatic carbocycles. The van der Waals surface area contributed by atoms with E-state index in [4.69, 9.17) is 5.73 Å². The predicted molar refractivity (Wildman–Crippen MR) is 78.3 cm³/mol. The number of aromatic nitrogens is 1. The van der Waals surface area contributed by atoms with Crippen molar-refractivity contribution < 1.29 is 4.79 Å². The molecule has 5 heteroatoms. The van der Waals surface area contributed by atoms with Gasteiger partial charge in [0.15, 0.2) is 0 Å². The molecule has 0 bridgehead atoms. The van der Waals surface area contributed by atoms with Gasteiger partial charge in [0.05, 0.1) is 5.69 Å². The van der Waals surface area contributed by atoms with Crippen molar-refractivity contribution in [3.8, 4) is 0 Å². The zero-order chi connectivity index (χ0) is 13.6. The smallest absolute Gasteiger partial charge is 0.266 e. The van der Waals surface area contributed by atoms with Crippen LogP contribution in [0.1, 0.15) is 23.5 Å². The van der Waals surface area contributed by atoms with E-state index in [1.807, 2.05) is 17.0 Å². The highest BCUT2D eigenvalue weighted by atomic mass is 32.1. The van der Waals surface area contributed by atoms with Crippen molar-refractivity contribution in [3.05, 3.63) is 23.2 Å². The number of thiophene rings is 1. The number of nitrogen functional groups attached to an aromatic ring is 1. The lowest BCUT2D eigenvalue weighted by Crippen LogP contribution is -2.28. The van der Waals surface area contributed by atoms with Crippen LogP contribution in [0.15, 0.2) is 18.3 Å². The Morgan fingerprint density at radius 1 is 1.42 bits per heavy atom. The Morgan fingerprint density at radius 3 is 2.74 bits per heavy atom. The number of rotatable bonds is 1. The number of likely N-dealkylation sites (tertiary alicyclic amines) is 1. The highest BCUT2D eigenvalue weighted by Gasteiger charge is 2.31. The molecular weight excluding hydrogens is 258 g/mol. The van der Waals surface area contributed by atoms with Gasteiger partial charge in [0, 0.05) is 24.7 Å². The number of carbonyl (C=O) groups excluding carboxylic acids is 1. The van der Waals surface area contributed by atoms with Crippen molar-refractivity contribution in [3.63, 3.8) is 0 Å². The van der Waals surface area contributed by atoms with Crippen LogP contribution >= 0.6 is 11.3 Å². The van der Waals surface area contributed by atoms with E-state index in [-0.39, 0.29) is 5.91 Å². The Labute approximate surface area is 116 Å². The zero-order valence-electron chi connectivity index (χ0n) is 11.1. The molecule has 0 spiro atoms. The maximum Gasteiger partial charge on any atom is 0.266 e. The Kier molecular flexibility index (Phi) is 2.93. The normalized spacial score (nSPS) is 23.2. The third kappa shape index (κ3) is 1.98. The largest absolute Gasteiger partial charge is 0.397 e. The number of amides is 1. The first-order valence-corrected chi connectivity index (χ1v) is 7.32. The summed E-state index contributed by atoms with van der Waals surface area (Å²) < 4.78 is 0. The number of hydrogen-bond acceptors (Lipinski definition) is 4. The maximum absolute atomic E-state index is 12.6. The van der Waals surface area contributed by atoms with E-state index in [2.05, 4.69) is 18.8 Å². The number of hydrogen-bond donors (Lipinski definition) is 1. The van der Waals surface area contributed by atoms with Crippen molar-refractivity contribution >= 4 is 33.1 Å². The molecule has 1 fully saturated rings. The van der Waals surface area contributed by atoms with Crippen LogP contribution in [0.4, 0.5) is 5.69 Å². The molecule has 4 nitrogen and oxygen atoms in total. The zero-order valence-corrected chi connectivity index (χ0v) is 11.9. The summed E-state index contributed by atoms with van der Waals surface area (Å²) >= 11 is 1.39. The molecule has 0 saturated carbocycles. The number of nitrogens with two attached hydrogens (primary N) is 1. The summed E-state index contributed by atoms with van der Waals surface area (Å²) in [5.41, 5.74) is 6.67. The molecule has 100 valence electrons. The lowest BCUT2D eigenvalue weighted by Gasteiger charge is -2.15. The van der Waals surface area contributed by atoms with Crippen LogP contribution in [0.25, 0.3) is 10.2 Å². The molecule has 2 atom stereocenters. The van der Waals surface area contributed by atoms with Crippen molar-refractivity contribution in [1.82, 2.24) is 9.88 Å². The highest BCUT2D eigenvalue weighted by Crippen LogP contribution is 2.34. The van der Waals surface area contributed by atoms with Crippen LogP contribution in [0, 0.1) is 11.8 Å². The second kappa shape index (κ2) is 4.49. The van der Waals surface area contributed by atoms with Crippen LogP contribution in [0.2, 0.25) is 0 Å². The van der Waals surface area contributed by atoms with Gasteiger partial charge in [0.1, 0.15) is 9.71 Å². The summed E-state index contributed by atoms with van der Waals surface area (Å²) in [6.45, 7) is 6.02. The van der Waals surface area contributed by atoms with E-state index in [0.29, 0.717) is 22.4 Å². The monoisotopic (exact) mass is 275 g/mol. The fraction of sp³-hybridized carbons (Fsp3) is 0.429. The fourth-order valence-corrected chi connectivity index (χ4v) is 3.58. The minimum Gasteiger partial charge on any atom is -0.397 e. The molecule has 19 heavy (non-hydrogen) atoms. The van der Waals surface area contributed by atoms with Gasteiger partial charge in [0.25, 0.3) is 5.91 Å². The Bertz CT molecular complexity index is 627. The van der Waals surface area contributed by atoms with Gasteiger partial charge in [-0.2, -0.15) is 0 Å². The minimum absolute atomic E-state index is 0.0525. The molecule has 2 aromatic rings. The van der Waals surface area contributed by atoms with Crippen LogP contribution in [0.5, 0.6) is 0 Å². The standard InChI is InChI=1S/C14H17N3OS/c1-8-6-17(7-9(8)2)14(18)12-11(15)10-4-3-5-16-13(10)19-12/h3-5,8-9H,6-7,15H2,1-2H3. The van der Waals surface area contributed by atoms with Crippen molar-refractivity contribution in [2.24, 2.45) is 11.8 Å². The lowest BCUT2D eigenvalue weighted by molar-refractivity contribution is 0.0791. The number of carbonyl (C=O) groups is 1. The third-order valence-corrected chi connectivity index (χ3v) is 5.09. The molecule has 3 heterocycles. The van der Waals surface area contributed by atoms with Gasteiger partial charge in [-0.05, 0) is 24.0 Å². The first kappa shape index (κ1) is 12.4. The first-order valence-electron chi connectivity index (χ1n) is 6.50. The summed E-state index contributed by atoms with van der Waals surface area (Å²) in [5, 5.41) is 0.885. The molecule has 0 aromatic carbocycles. The van der Waals surface area contributed by atoms with Crippen LogP contribution < -0.4 is 5.73 Å². The SMILES string of the molecule is CC1CN(C(=O)c2sc3ncccc3c2N)CC1C. The minimum atomic E-state index is 0.0525. The number of anilines is 1. The number of fused-ring (bicyclic) bond motifs is 1. The lowest BCUT2D eigenvalue weighted by atomic mass is 10.0. The number of nitrogens with zero attached hydrogens (tertiary/aromatic N) is 2. The average molecular weight is 275 g/mol. The van der Waals surface area contributed by atoms with Gasteiger partial charge < -0.3 is 10.6 Å². The van der Waals surface area contributed by atoms with Crippen molar-refractivity contribution in [1.29, 1.82) is 0 Å². The van der Waals surface area contributed by atoms with Crippen molar-refractivity contribution in [2.75, 3.05) is 18.8 Å². The topological polar surface area (TPSA) is 59.2 Å². The van der Waals surface area contributed by atoms with Crippen LogP contribution in [0.3, 0.4) is 0 Å². The first-order chi connectivity index (χ1) is 9.08. The van der Waals surface area contributed by atoms with Gasteiger partial charge in [-0.15, -0.1) is 11.3 Å². The molecule has 1 aliphatic rings.